The van der Waals surface area contributed by atoms with Crippen LogP contribution >= 0.6 is 11.9 Å². The maximum absolute atomic E-state index is 5.67. The summed E-state index contributed by atoms with van der Waals surface area (Å²) in [5.41, 5.74) is 0. The van der Waals surface area contributed by atoms with E-state index in [1.165, 1.54) is 32.4 Å². The molecule has 1 aliphatic rings. The van der Waals surface area contributed by atoms with Crippen molar-refractivity contribution in [3.05, 3.63) is 24.3 Å². The summed E-state index contributed by atoms with van der Waals surface area (Å²) < 4.78 is 10.2. The third-order valence-corrected chi connectivity index (χ3v) is 3.22. The van der Waals surface area contributed by atoms with Crippen LogP contribution in [0.15, 0.2) is 24.3 Å². The van der Waals surface area contributed by atoms with Crippen molar-refractivity contribution in [2.75, 3.05) is 26.2 Å². The lowest BCUT2D eigenvalue weighted by Gasteiger charge is -2.26. The van der Waals surface area contributed by atoms with Crippen molar-refractivity contribution in [2.24, 2.45) is 0 Å². The average Bonchev–Trinajstić information content (AvgIpc) is 2.41. The average molecular weight is 256 g/mol. The molecule has 0 amide bonds. The third-order valence-electron chi connectivity index (χ3n) is 3.04. The van der Waals surface area contributed by atoms with E-state index in [0.29, 0.717) is 5.75 Å². The standard InChI is InChI=1S/C13H18ClNO2/c14-17-13-6-4-12(5-7-13)16-11-10-15-8-2-1-3-9-15/h4-7H,1-3,8-11H2. The van der Waals surface area contributed by atoms with Gasteiger partial charge < -0.3 is 9.03 Å². The van der Waals surface area contributed by atoms with Gasteiger partial charge in [0.15, 0.2) is 0 Å². The number of rotatable bonds is 5. The Labute approximate surface area is 107 Å². The van der Waals surface area contributed by atoms with Crippen molar-refractivity contribution < 1.29 is 9.03 Å². The Balaban J connectivity index is 1.69. The van der Waals surface area contributed by atoms with Crippen LogP contribution in [0.5, 0.6) is 11.5 Å². The van der Waals surface area contributed by atoms with Gasteiger partial charge in [-0.3, -0.25) is 4.90 Å². The minimum absolute atomic E-state index is 0.634. The van der Waals surface area contributed by atoms with Crippen LogP contribution in [0, 0.1) is 0 Å². The molecular formula is C13H18ClNO2. The lowest BCUT2D eigenvalue weighted by molar-refractivity contribution is 0.183. The van der Waals surface area contributed by atoms with Crippen LogP contribution in [0.3, 0.4) is 0 Å². The van der Waals surface area contributed by atoms with Crippen LogP contribution < -0.4 is 9.03 Å². The lowest BCUT2D eigenvalue weighted by atomic mass is 10.1. The van der Waals surface area contributed by atoms with Gasteiger partial charge in [0, 0.05) is 6.54 Å². The predicted octanol–water partition coefficient (Wildman–Crippen LogP) is 3.08. The first-order valence-electron chi connectivity index (χ1n) is 6.12. The maximum Gasteiger partial charge on any atom is 0.146 e. The van der Waals surface area contributed by atoms with Crippen molar-refractivity contribution in [1.29, 1.82) is 0 Å². The number of halogens is 1. The molecular weight excluding hydrogens is 238 g/mol. The highest BCUT2D eigenvalue weighted by atomic mass is 35.5. The van der Waals surface area contributed by atoms with E-state index in [4.69, 9.17) is 16.6 Å². The zero-order chi connectivity index (χ0) is 11.9. The van der Waals surface area contributed by atoms with E-state index >= 15 is 0 Å². The van der Waals surface area contributed by atoms with Crippen LogP contribution in [0.25, 0.3) is 0 Å². The van der Waals surface area contributed by atoms with Gasteiger partial charge in [-0.25, -0.2) is 0 Å². The fraction of sp³-hybridized carbons (Fsp3) is 0.538. The van der Waals surface area contributed by atoms with Crippen molar-refractivity contribution in [3.63, 3.8) is 0 Å². The van der Waals surface area contributed by atoms with Gasteiger partial charge in [-0.2, -0.15) is 0 Å². The molecule has 94 valence electrons. The summed E-state index contributed by atoms with van der Waals surface area (Å²) in [6.07, 6.45) is 4.01. The SMILES string of the molecule is ClOc1ccc(OCCN2CCCCC2)cc1. The third kappa shape index (κ3) is 4.10. The van der Waals surface area contributed by atoms with E-state index in [2.05, 4.69) is 9.19 Å². The van der Waals surface area contributed by atoms with Gasteiger partial charge in [0.2, 0.25) is 0 Å². The van der Waals surface area contributed by atoms with Gasteiger partial charge in [-0.15, -0.1) is 0 Å². The van der Waals surface area contributed by atoms with Gasteiger partial charge >= 0.3 is 0 Å². The van der Waals surface area contributed by atoms with Gasteiger partial charge in [0.1, 0.15) is 30.0 Å². The van der Waals surface area contributed by atoms with Crippen LogP contribution in [0.1, 0.15) is 19.3 Å². The largest absolute Gasteiger partial charge is 0.492 e. The molecule has 0 spiro atoms. The first-order valence-corrected chi connectivity index (χ1v) is 6.43. The topological polar surface area (TPSA) is 21.7 Å². The molecule has 1 heterocycles. The molecule has 4 heteroatoms. The number of hydrogen-bond acceptors (Lipinski definition) is 3. The quantitative estimate of drug-likeness (QED) is 0.807. The highest BCUT2D eigenvalue weighted by molar-refractivity contribution is 6.09. The second-order valence-electron chi connectivity index (χ2n) is 4.30. The molecule has 0 unspecified atom stereocenters. The second kappa shape index (κ2) is 6.72. The zero-order valence-corrected chi connectivity index (χ0v) is 10.7. The number of piperidine rings is 1. The number of benzene rings is 1. The second-order valence-corrected chi connectivity index (χ2v) is 4.45. The molecule has 0 atom stereocenters. The summed E-state index contributed by atoms with van der Waals surface area (Å²) in [6.45, 7) is 4.17. The summed E-state index contributed by atoms with van der Waals surface area (Å²) in [5, 5.41) is 0. The fourth-order valence-electron chi connectivity index (χ4n) is 2.06. The summed E-state index contributed by atoms with van der Waals surface area (Å²) in [6, 6.07) is 7.33. The van der Waals surface area contributed by atoms with Crippen molar-refractivity contribution in [2.45, 2.75) is 19.3 Å². The van der Waals surface area contributed by atoms with Gasteiger partial charge in [0.05, 0.1) is 0 Å². The molecule has 1 fully saturated rings. The van der Waals surface area contributed by atoms with Crippen molar-refractivity contribution in [1.82, 2.24) is 4.90 Å². The Morgan fingerprint density at radius 1 is 1.00 bits per heavy atom. The highest BCUT2D eigenvalue weighted by Gasteiger charge is 2.09. The van der Waals surface area contributed by atoms with Crippen LogP contribution in [0.4, 0.5) is 0 Å². The summed E-state index contributed by atoms with van der Waals surface area (Å²) in [7, 11) is 0. The maximum atomic E-state index is 5.67. The van der Waals surface area contributed by atoms with E-state index in [-0.39, 0.29) is 0 Å². The van der Waals surface area contributed by atoms with E-state index in [1.807, 2.05) is 12.1 Å². The van der Waals surface area contributed by atoms with E-state index in [0.717, 1.165) is 18.9 Å². The smallest absolute Gasteiger partial charge is 0.146 e. The predicted molar refractivity (Wildman–Crippen MR) is 68.7 cm³/mol. The first-order chi connectivity index (χ1) is 8.38. The summed E-state index contributed by atoms with van der Waals surface area (Å²) >= 11 is 5.24. The van der Waals surface area contributed by atoms with E-state index < -0.39 is 0 Å². The van der Waals surface area contributed by atoms with Crippen molar-refractivity contribution >= 4 is 11.9 Å². The number of likely N-dealkylation sites (tertiary alicyclic amines) is 1. The number of nitrogens with zero attached hydrogens (tertiary/aromatic N) is 1. The molecule has 1 aromatic rings. The zero-order valence-electron chi connectivity index (χ0n) is 9.90. The lowest BCUT2D eigenvalue weighted by Crippen LogP contribution is -2.33. The molecule has 3 nitrogen and oxygen atoms in total. The number of ether oxygens (including phenoxy) is 1. The first kappa shape index (κ1) is 12.5. The summed E-state index contributed by atoms with van der Waals surface area (Å²) in [4.78, 5) is 2.46. The Kier molecular flexibility index (Phi) is 4.95. The molecule has 0 N–H and O–H groups in total. The Morgan fingerprint density at radius 2 is 1.65 bits per heavy atom. The van der Waals surface area contributed by atoms with E-state index in [9.17, 15) is 0 Å². The molecule has 0 bridgehead atoms. The van der Waals surface area contributed by atoms with Gasteiger partial charge in [-0.1, -0.05) is 6.42 Å². The minimum Gasteiger partial charge on any atom is -0.492 e. The minimum atomic E-state index is 0.634. The monoisotopic (exact) mass is 255 g/mol. The molecule has 0 radical (unpaired) electrons. The Hall–Kier alpha value is -0.930. The van der Waals surface area contributed by atoms with Crippen LogP contribution in [-0.4, -0.2) is 31.1 Å². The normalized spacial score (nSPS) is 16.8. The Bertz CT molecular complexity index is 323. The molecule has 0 aromatic heterocycles. The molecule has 1 saturated heterocycles. The fourth-order valence-corrected chi connectivity index (χ4v) is 2.17. The molecule has 2 rings (SSSR count). The van der Waals surface area contributed by atoms with Crippen molar-refractivity contribution in [3.8, 4) is 11.5 Å². The molecule has 1 aliphatic heterocycles. The summed E-state index contributed by atoms with van der Waals surface area (Å²) in [5.74, 6) is 1.49. The van der Waals surface area contributed by atoms with Crippen LogP contribution in [-0.2, 0) is 0 Å². The number of hydrogen-bond donors (Lipinski definition) is 0. The van der Waals surface area contributed by atoms with Gasteiger partial charge in [-0.05, 0) is 50.2 Å². The van der Waals surface area contributed by atoms with Crippen LogP contribution in [0.2, 0.25) is 0 Å². The molecule has 17 heavy (non-hydrogen) atoms. The van der Waals surface area contributed by atoms with Gasteiger partial charge in [0.25, 0.3) is 0 Å². The molecule has 1 aromatic carbocycles. The molecule has 0 aliphatic carbocycles. The van der Waals surface area contributed by atoms with E-state index in [1.54, 1.807) is 12.1 Å². The molecule has 0 saturated carbocycles. The highest BCUT2D eigenvalue weighted by Crippen LogP contribution is 2.18. The Morgan fingerprint density at radius 3 is 2.29 bits per heavy atom.